The Labute approximate surface area is 130 Å². The van der Waals surface area contributed by atoms with E-state index in [9.17, 15) is 0 Å². The van der Waals surface area contributed by atoms with Crippen LogP contribution in [0.2, 0.25) is 0 Å². The Morgan fingerprint density at radius 2 is 1.77 bits per heavy atom. The van der Waals surface area contributed by atoms with Crippen LogP contribution < -0.4 is 4.74 Å². The number of benzene rings is 2. The molecule has 0 atom stereocenters. The van der Waals surface area contributed by atoms with Crippen LogP contribution in [0.3, 0.4) is 0 Å². The van der Waals surface area contributed by atoms with Crippen LogP contribution in [0.5, 0.6) is 5.75 Å². The maximum absolute atomic E-state index is 7.48. The van der Waals surface area contributed by atoms with E-state index >= 15 is 0 Å². The Balaban J connectivity index is 2.10. The third-order valence-electron chi connectivity index (χ3n) is 3.50. The molecule has 0 saturated heterocycles. The molecule has 0 spiro atoms. The SMILES string of the molecule is COC(CN(C)COc1ccc(C=N)c2ccccc12)OC. The van der Waals surface area contributed by atoms with Crippen molar-refractivity contribution < 1.29 is 14.2 Å². The number of hydrogen-bond donors (Lipinski definition) is 1. The third-order valence-corrected chi connectivity index (χ3v) is 3.50. The smallest absolute Gasteiger partial charge is 0.169 e. The summed E-state index contributed by atoms with van der Waals surface area (Å²) >= 11 is 0. The van der Waals surface area contributed by atoms with Crippen molar-refractivity contribution >= 4 is 17.0 Å². The fourth-order valence-electron chi connectivity index (χ4n) is 2.28. The summed E-state index contributed by atoms with van der Waals surface area (Å²) in [6.45, 7) is 1.04. The molecule has 0 aliphatic heterocycles. The summed E-state index contributed by atoms with van der Waals surface area (Å²) in [6.07, 6.45) is 1.09. The van der Waals surface area contributed by atoms with Gasteiger partial charge in [-0.2, -0.15) is 0 Å². The Morgan fingerprint density at radius 3 is 2.41 bits per heavy atom. The number of hydrogen-bond acceptors (Lipinski definition) is 5. The largest absolute Gasteiger partial charge is 0.478 e. The number of nitrogens with one attached hydrogen (secondary N) is 1. The standard InChI is InChI=1S/C17H22N2O3/c1-19(11-17(20-2)21-3)12-22-16-9-8-13(10-18)14-6-4-5-7-15(14)16/h4-10,17-18H,11-12H2,1-3H3. The molecular weight excluding hydrogens is 280 g/mol. The average Bonchev–Trinajstić information content (AvgIpc) is 2.57. The molecule has 0 amide bonds. The monoisotopic (exact) mass is 302 g/mol. The number of rotatable bonds is 8. The first kappa shape index (κ1) is 16.4. The van der Waals surface area contributed by atoms with E-state index in [0.717, 1.165) is 22.1 Å². The van der Waals surface area contributed by atoms with Crippen molar-refractivity contribution in [3.05, 3.63) is 42.0 Å². The summed E-state index contributed by atoms with van der Waals surface area (Å²) in [5, 5.41) is 9.51. The van der Waals surface area contributed by atoms with Gasteiger partial charge in [-0.25, -0.2) is 0 Å². The lowest BCUT2D eigenvalue weighted by molar-refractivity contribution is -0.118. The first-order chi connectivity index (χ1) is 10.7. The van der Waals surface area contributed by atoms with Gasteiger partial charge in [-0.3, -0.25) is 4.90 Å². The molecule has 2 aromatic rings. The normalized spacial score (nSPS) is 11.3. The van der Waals surface area contributed by atoms with Gasteiger partial charge >= 0.3 is 0 Å². The van der Waals surface area contributed by atoms with E-state index in [1.807, 2.05) is 48.3 Å². The van der Waals surface area contributed by atoms with E-state index in [1.54, 1.807) is 14.2 Å². The number of ether oxygens (including phenoxy) is 3. The molecule has 0 aliphatic rings. The number of methoxy groups -OCH3 is 2. The van der Waals surface area contributed by atoms with Crippen LogP contribution in [-0.2, 0) is 9.47 Å². The predicted molar refractivity (Wildman–Crippen MR) is 87.8 cm³/mol. The zero-order valence-electron chi connectivity index (χ0n) is 13.2. The van der Waals surface area contributed by atoms with E-state index in [0.29, 0.717) is 13.3 Å². The molecule has 0 heterocycles. The lowest BCUT2D eigenvalue weighted by atomic mass is 10.0. The van der Waals surface area contributed by atoms with Crippen molar-refractivity contribution in [2.24, 2.45) is 0 Å². The quantitative estimate of drug-likeness (QED) is 0.602. The molecule has 0 bridgehead atoms. The Bertz CT molecular complexity index is 626. The molecule has 0 aliphatic carbocycles. The van der Waals surface area contributed by atoms with Gasteiger partial charge in [0.25, 0.3) is 0 Å². The molecule has 0 radical (unpaired) electrons. The summed E-state index contributed by atoms with van der Waals surface area (Å²) in [5.74, 6) is 0.805. The van der Waals surface area contributed by atoms with Crippen molar-refractivity contribution in [1.29, 1.82) is 5.41 Å². The maximum atomic E-state index is 7.48. The van der Waals surface area contributed by atoms with E-state index in [-0.39, 0.29) is 6.29 Å². The molecule has 0 fully saturated rings. The van der Waals surface area contributed by atoms with Crippen LogP contribution in [0.1, 0.15) is 5.56 Å². The Morgan fingerprint density at radius 1 is 1.09 bits per heavy atom. The van der Waals surface area contributed by atoms with Crippen LogP contribution in [0.4, 0.5) is 0 Å². The van der Waals surface area contributed by atoms with Gasteiger partial charge in [0.1, 0.15) is 12.5 Å². The second kappa shape index (κ2) is 7.89. The molecule has 2 aromatic carbocycles. The second-order valence-corrected chi connectivity index (χ2v) is 5.06. The third kappa shape index (κ3) is 3.82. The minimum Gasteiger partial charge on any atom is -0.478 e. The lowest BCUT2D eigenvalue weighted by Gasteiger charge is -2.22. The zero-order chi connectivity index (χ0) is 15.9. The lowest BCUT2D eigenvalue weighted by Crippen LogP contribution is -2.34. The van der Waals surface area contributed by atoms with Gasteiger partial charge in [-0.1, -0.05) is 24.3 Å². The molecule has 5 nitrogen and oxygen atoms in total. The van der Waals surface area contributed by atoms with Crippen LogP contribution in [0.15, 0.2) is 36.4 Å². The Hall–Kier alpha value is -1.95. The maximum Gasteiger partial charge on any atom is 0.169 e. The molecule has 0 saturated carbocycles. The minimum atomic E-state index is -0.273. The van der Waals surface area contributed by atoms with E-state index in [1.165, 1.54) is 6.21 Å². The van der Waals surface area contributed by atoms with Crippen molar-refractivity contribution in [3.8, 4) is 5.75 Å². The van der Waals surface area contributed by atoms with Gasteiger partial charge in [0.15, 0.2) is 6.29 Å². The Kier molecular flexibility index (Phi) is 5.89. The minimum absolute atomic E-state index is 0.273. The molecule has 118 valence electrons. The van der Waals surface area contributed by atoms with Crippen LogP contribution in [-0.4, -0.2) is 51.9 Å². The first-order valence-corrected chi connectivity index (χ1v) is 7.08. The van der Waals surface area contributed by atoms with Gasteiger partial charge in [0, 0.05) is 31.4 Å². The van der Waals surface area contributed by atoms with Gasteiger partial charge in [0.05, 0.1) is 6.54 Å². The van der Waals surface area contributed by atoms with Crippen molar-refractivity contribution in [3.63, 3.8) is 0 Å². The summed E-state index contributed by atoms with van der Waals surface area (Å²) in [7, 11) is 5.18. The van der Waals surface area contributed by atoms with E-state index in [4.69, 9.17) is 19.6 Å². The van der Waals surface area contributed by atoms with E-state index < -0.39 is 0 Å². The zero-order valence-corrected chi connectivity index (χ0v) is 13.2. The number of fused-ring (bicyclic) bond motifs is 1. The molecule has 0 aromatic heterocycles. The highest BCUT2D eigenvalue weighted by Gasteiger charge is 2.11. The summed E-state index contributed by atoms with van der Waals surface area (Å²) in [4.78, 5) is 1.98. The highest BCUT2D eigenvalue weighted by molar-refractivity contribution is 6.01. The fourth-order valence-corrected chi connectivity index (χ4v) is 2.28. The van der Waals surface area contributed by atoms with Crippen molar-refractivity contribution in [1.82, 2.24) is 4.90 Å². The second-order valence-electron chi connectivity index (χ2n) is 5.06. The summed E-state index contributed by atoms with van der Waals surface area (Å²) < 4.78 is 16.3. The summed E-state index contributed by atoms with van der Waals surface area (Å²) in [5.41, 5.74) is 0.884. The first-order valence-electron chi connectivity index (χ1n) is 7.08. The predicted octanol–water partition coefficient (Wildman–Crippen LogP) is 2.72. The van der Waals surface area contributed by atoms with Gasteiger partial charge < -0.3 is 19.6 Å². The van der Waals surface area contributed by atoms with Crippen LogP contribution in [0.25, 0.3) is 10.8 Å². The molecule has 22 heavy (non-hydrogen) atoms. The van der Waals surface area contributed by atoms with Gasteiger partial charge in [-0.05, 0) is 24.6 Å². The molecule has 1 N–H and O–H groups in total. The molecular formula is C17H22N2O3. The number of nitrogens with zero attached hydrogens (tertiary/aromatic N) is 1. The fraction of sp³-hybridized carbons (Fsp3) is 0.353. The summed E-state index contributed by atoms with van der Waals surface area (Å²) in [6, 6.07) is 11.7. The topological polar surface area (TPSA) is 54.8 Å². The average molecular weight is 302 g/mol. The highest BCUT2D eigenvalue weighted by atomic mass is 16.7. The molecule has 5 heteroatoms. The van der Waals surface area contributed by atoms with Crippen molar-refractivity contribution in [2.75, 3.05) is 34.5 Å². The highest BCUT2D eigenvalue weighted by Crippen LogP contribution is 2.27. The van der Waals surface area contributed by atoms with Crippen LogP contribution in [0, 0.1) is 5.41 Å². The van der Waals surface area contributed by atoms with Gasteiger partial charge in [0.2, 0.25) is 0 Å². The van der Waals surface area contributed by atoms with E-state index in [2.05, 4.69) is 0 Å². The van der Waals surface area contributed by atoms with Crippen molar-refractivity contribution in [2.45, 2.75) is 6.29 Å². The number of likely N-dealkylation sites (N-methyl/N-ethyl adjacent to an activating group) is 1. The van der Waals surface area contributed by atoms with Gasteiger partial charge in [-0.15, -0.1) is 0 Å². The molecule has 2 rings (SSSR count). The van der Waals surface area contributed by atoms with Crippen LogP contribution >= 0.6 is 0 Å². The molecule has 0 unspecified atom stereocenters.